The van der Waals surface area contributed by atoms with E-state index in [-0.39, 0.29) is 34.7 Å². The molecule has 2 fully saturated rings. The summed E-state index contributed by atoms with van der Waals surface area (Å²) in [5.41, 5.74) is 15.9. The molecule has 76 heavy (non-hydrogen) atoms. The molecule has 11 rings (SSSR count). The van der Waals surface area contributed by atoms with Gasteiger partial charge in [0.1, 0.15) is 23.7 Å². The largest absolute Gasteiger partial charge is 0.453 e. The van der Waals surface area contributed by atoms with Gasteiger partial charge < -0.3 is 39.9 Å². The van der Waals surface area contributed by atoms with Crippen molar-refractivity contribution in [2.45, 2.75) is 114 Å². The average molecular weight is 1020 g/mol. The lowest BCUT2D eigenvalue weighted by molar-refractivity contribution is -0.135. The number of nitrogens with zero attached hydrogens (tertiary/aromatic N) is 6. The van der Waals surface area contributed by atoms with Crippen LogP contribution < -0.4 is 10.6 Å². The highest BCUT2D eigenvalue weighted by molar-refractivity contribution is 5.90. The van der Waals surface area contributed by atoms with E-state index in [0.717, 1.165) is 73.9 Å². The van der Waals surface area contributed by atoms with Crippen molar-refractivity contribution in [3.05, 3.63) is 155 Å². The average Bonchev–Trinajstić information content (AvgIpc) is 4.38. The highest BCUT2D eigenvalue weighted by Crippen LogP contribution is 2.56. The van der Waals surface area contributed by atoms with E-state index in [0.29, 0.717) is 35.9 Å². The number of aromatic nitrogens is 6. The first-order valence-corrected chi connectivity index (χ1v) is 26.4. The number of alkyl carbamates (subject to hydrolysis) is 2. The lowest BCUT2D eigenvalue weighted by atomic mass is 9.73. The molecule has 16 heteroatoms. The van der Waals surface area contributed by atoms with Gasteiger partial charge in [-0.1, -0.05) is 76.2 Å². The third-order valence-electron chi connectivity index (χ3n) is 16.4. The van der Waals surface area contributed by atoms with Gasteiger partial charge in [0.05, 0.1) is 50.1 Å². The number of carbonyl (C=O) groups excluding carboxylic acids is 4. The number of aromatic amines is 2. The smallest absolute Gasteiger partial charge is 0.407 e. The van der Waals surface area contributed by atoms with Crippen LogP contribution in [0.3, 0.4) is 0 Å². The SMILES string of the molecule is COC(=O)NC(C(=O)N1CCC[C@H]1c1ncc(-c2ccc(-c3c4c(c(-c5ccc(-c6cnc([C@@H]7CCCN7C(=O)C(NC(=O)OC)c7ccncc7)[nH]6)cc5)c5c3C(C)(C)CC5)C(C)(C)CC4)cc2)[nH]1)c1ccncc1. The van der Waals surface area contributed by atoms with Crippen LogP contribution in [0.25, 0.3) is 44.8 Å². The van der Waals surface area contributed by atoms with Gasteiger partial charge in [-0.2, -0.15) is 0 Å². The molecule has 0 spiro atoms. The number of amides is 4. The van der Waals surface area contributed by atoms with E-state index >= 15 is 0 Å². The number of hydrogen-bond acceptors (Lipinski definition) is 10. The van der Waals surface area contributed by atoms with Crippen LogP contribution in [0, 0.1) is 0 Å². The second kappa shape index (κ2) is 20.2. The van der Waals surface area contributed by atoms with Crippen LogP contribution in [-0.4, -0.2) is 91.0 Å². The predicted octanol–water partition coefficient (Wildman–Crippen LogP) is 10.6. The highest BCUT2D eigenvalue weighted by atomic mass is 16.5. The van der Waals surface area contributed by atoms with Gasteiger partial charge >= 0.3 is 12.2 Å². The van der Waals surface area contributed by atoms with Crippen molar-refractivity contribution in [3.8, 4) is 44.8 Å². The van der Waals surface area contributed by atoms with E-state index < -0.39 is 24.3 Å². The van der Waals surface area contributed by atoms with Crippen LogP contribution in [0.15, 0.2) is 110 Å². The van der Waals surface area contributed by atoms with Crippen molar-refractivity contribution >= 4 is 24.0 Å². The Morgan fingerprint density at radius 3 is 1.30 bits per heavy atom. The number of imidazole rings is 2. The number of pyridine rings is 2. The molecule has 4 amide bonds. The van der Waals surface area contributed by atoms with E-state index in [1.807, 2.05) is 12.4 Å². The Labute approximate surface area is 442 Å². The summed E-state index contributed by atoms with van der Waals surface area (Å²) in [4.78, 5) is 81.7. The van der Waals surface area contributed by atoms with Crippen molar-refractivity contribution in [3.63, 3.8) is 0 Å². The van der Waals surface area contributed by atoms with Gasteiger partial charge in [0.15, 0.2) is 0 Å². The van der Waals surface area contributed by atoms with Crippen molar-refractivity contribution in [1.29, 1.82) is 0 Å². The second-order valence-corrected chi connectivity index (χ2v) is 21.8. The molecular weight excluding hydrogens is 957 g/mol. The van der Waals surface area contributed by atoms with Gasteiger partial charge in [0.25, 0.3) is 11.8 Å². The molecule has 4 aromatic heterocycles. The van der Waals surface area contributed by atoms with E-state index in [4.69, 9.17) is 19.4 Å². The van der Waals surface area contributed by atoms with Crippen molar-refractivity contribution in [1.82, 2.24) is 50.3 Å². The summed E-state index contributed by atoms with van der Waals surface area (Å²) in [5.74, 6) is 0.961. The van der Waals surface area contributed by atoms with Crippen LogP contribution >= 0.6 is 0 Å². The molecule has 4 atom stereocenters. The number of benzene rings is 3. The number of carbonyl (C=O) groups is 4. The summed E-state index contributed by atoms with van der Waals surface area (Å²) < 4.78 is 9.76. The maximum absolute atomic E-state index is 14.2. The number of methoxy groups -OCH3 is 2. The predicted molar refractivity (Wildman–Crippen MR) is 288 cm³/mol. The maximum atomic E-state index is 14.2. The van der Waals surface area contributed by atoms with Gasteiger partial charge in [0, 0.05) is 37.9 Å². The molecule has 0 radical (unpaired) electrons. The van der Waals surface area contributed by atoms with Crippen LogP contribution in [0.5, 0.6) is 0 Å². The minimum absolute atomic E-state index is 0.0407. The number of nitrogens with one attached hydrogen (secondary N) is 4. The Kier molecular flexibility index (Phi) is 13.3. The lowest BCUT2D eigenvalue weighted by Gasteiger charge is -2.30. The highest BCUT2D eigenvalue weighted by Gasteiger charge is 2.44. The molecule has 2 aliphatic heterocycles. The van der Waals surface area contributed by atoms with Crippen LogP contribution in [0.2, 0.25) is 0 Å². The molecule has 0 saturated carbocycles. The minimum Gasteiger partial charge on any atom is -0.453 e. The van der Waals surface area contributed by atoms with Crippen molar-refractivity contribution < 1.29 is 28.7 Å². The Bertz CT molecular complexity index is 3090. The number of hydrogen-bond donors (Lipinski definition) is 4. The van der Waals surface area contributed by atoms with E-state index in [9.17, 15) is 19.2 Å². The molecule has 2 aliphatic carbocycles. The number of fused-ring (bicyclic) bond motifs is 2. The zero-order valence-electron chi connectivity index (χ0n) is 43.9. The summed E-state index contributed by atoms with van der Waals surface area (Å²) in [7, 11) is 2.57. The van der Waals surface area contributed by atoms with Gasteiger partial charge in [-0.15, -0.1) is 0 Å². The van der Waals surface area contributed by atoms with Gasteiger partial charge in [-0.3, -0.25) is 19.6 Å². The molecule has 16 nitrogen and oxygen atoms in total. The van der Waals surface area contributed by atoms with Crippen molar-refractivity contribution in [2.75, 3.05) is 27.3 Å². The number of ether oxygens (including phenoxy) is 2. The quantitative estimate of drug-likeness (QED) is 0.0913. The Balaban J connectivity index is 0.861. The van der Waals surface area contributed by atoms with E-state index in [1.165, 1.54) is 58.7 Å². The fraction of sp³-hybridized carbons (Fsp3) is 0.367. The molecule has 7 aromatic rings. The monoisotopic (exact) mass is 1020 g/mol. The zero-order valence-corrected chi connectivity index (χ0v) is 43.9. The zero-order chi connectivity index (χ0) is 52.9. The van der Waals surface area contributed by atoms with Crippen molar-refractivity contribution in [2.24, 2.45) is 0 Å². The summed E-state index contributed by atoms with van der Waals surface area (Å²) in [6.07, 6.45) is 15.9. The molecule has 390 valence electrons. The van der Waals surface area contributed by atoms with Crippen LogP contribution in [-0.2, 0) is 42.7 Å². The molecule has 2 saturated heterocycles. The molecule has 3 aromatic carbocycles. The first-order chi connectivity index (χ1) is 36.7. The maximum Gasteiger partial charge on any atom is 0.407 e. The summed E-state index contributed by atoms with van der Waals surface area (Å²) in [5, 5.41) is 5.46. The number of likely N-dealkylation sites (tertiary alicyclic amines) is 2. The second-order valence-electron chi connectivity index (χ2n) is 21.8. The lowest BCUT2D eigenvalue weighted by Crippen LogP contribution is -2.42. The van der Waals surface area contributed by atoms with Crippen LogP contribution in [0.1, 0.15) is 135 Å². The summed E-state index contributed by atoms with van der Waals surface area (Å²) >= 11 is 0. The Hall–Kier alpha value is -8.14. The van der Waals surface area contributed by atoms with E-state index in [2.05, 4.69) is 107 Å². The third kappa shape index (κ3) is 9.17. The molecule has 2 unspecified atom stereocenters. The minimum atomic E-state index is -0.927. The standard InChI is InChI=1S/C60H64N10O6/c1-59(2)25-19-41-48(38-17-13-36(14-18-38)44-34-64-54(66-44)46-10-8-32-70(46)56(72)52(68-58(74)76-6)40-23-29-62-30-24-40)50-42(20-26-60(50,3)4)47(49(41)59)37-15-11-35(12-16-37)43-33-63-53(65-43)45-9-7-31-69(45)55(71)51(67-57(73)75-5)39-21-27-61-28-22-39/h11-18,21-24,27-30,33-34,45-46,51-52H,7-10,19-20,25-26,31-32H2,1-6H3,(H,63,65)(H,64,66)(H,67,73)(H,68,74)/t45-,46-,51?,52?/m0/s1. The molecule has 6 heterocycles. The first-order valence-electron chi connectivity index (χ1n) is 26.4. The number of H-pyrrole nitrogens is 2. The first kappa shape index (κ1) is 50.0. The fourth-order valence-corrected chi connectivity index (χ4v) is 12.5. The fourth-order valence-electron chi connectivity index (χ4n) is 12.5. The summed E-state index contributed by atoms with van der Waals surface area (Å²) in [6, 6.07) is 22.3. The van der Waals surface area contributed by atoms with Gasteiger partial charge in [-0.05, 0) is 153 Å². The van der Waals surface area contributed by atoms with Gasteiger partial charge in [0.2, 0.25) is 0 Å². The Morgan fingerprint density at radius 2 is 0.934 bits per heavy atom. The normalized spacial score (nSPS) is 18.9. The molecular formula is C60H64N10O6. The van der Waals surface area contributed by atoms with E-state index in [1.54, 1.807) is 58.9 Å². The van der Waals surface area contributed by atoms with Crippen LogP contribution in [0.4, 0.5) is 9.59 Å². The summed E-state index contributed by atoms with van der Waals surface area (Å²) in [6.45, 7) is 10.7. The molecule has 4 N–H and O–H groups in total. The molecule has 4 aliphatic rings. The van der Waals surface area contributed by atoms with Gasteiger partial charge in [-0.25, -0.2) is 19.6 Å². The molecule has 0 bridgehead atoms. The topological polar surface area (TPSA) is 200 Å². The third-order valence-corrected chi connectivity index (χ3v) is 16.4. The Morgan fingerprint density at radius 1 is 0.566 bits per heavy atom. The number of rotatable bonds is 12.